The lowest BCUT2D eigenvalue weighted by atomic mass is 10.2. The molecule has 3 rings (SSSR count). The first kappa shape index (κ1) is 16.4. The van der Waals surface area contributed by atoms with Crippen molar-refractivity contribution in [3.05, 3.63) is 72.1 Å². The molecule has 4 heteroatoms. The van der Waals surface area contributed by atoms with Crippen LogP contribution in [0.5, 0.6) is 0 Å². The first-order valence-electron chi connectivity index (χ1n) is 8.34. The smallest absolute Gasteiger partial charge is 0.246 e. The standard InChI is InChI=1S/C20H22N2O2/c23-20(11-10-17-6-2-1-3-7-17)22(16-19-9-5-13-24-19)15-18-8-4-12-21-14-18/h1-4,6-8,10-12,14,19H,5,9,13,15-16H2/b11-10+. The monoisotopic (exact) mass is 322 g/mol. The Bertz CT molecular complexity index is 665. The number of rotatable bonds is 6. The van der Waals surface area contributed by atoms with E-state index < -0.39 is 0 Å². The maximum absolute atomic E-state index is 12.7. The van der Waals surface area contributed by atoms with Gasteiger partial charge in [0.25, 0.3) is 0 Å². The highest BCUT2D eigenvalue weighted by molar-refractivity contribution is 5.91. The SMILES string of the molecule is O=C(/C=C/c1ccccc1)N(Cc1cccnc1)CC1CCCO1. The second-order valence-corrected chi connectivity index (χ2v) is 5.96. The van der Waals surface area contributed by atoms with Crippen LogP contribution in [0.2, 0.25) is 0 Å². The number of pyridine rings is 1. The topological polar surface area (TPSA) is 42.4 Å². The lowest BCUT2D eigenvalue weighted by molar-refractivity contribution is -0.128. The van der Waals surface area contributed by atoms with E-state index in [-0.39, 0.29) is 12.0 Å². The van der Waals surface area contributed by atoms with Crippen LogP contribution in [0.3, 0.4) is 0 Å². The highest BCUT2D eigenvalue weighted by Gasteiger charge is 2.21. The Balaban J connectivity index is 1.70. The minimum Gasteiger partial charge on any atom is -0.376 e. The van der Waals surface area contributed by atoms with E-state index in [4.69, 9.17) is 4.74 Å². The molecule has 1 fully saturated rings. The Morgan fingerprint density at radius 2 is 2.12 bits per heavy atom. The molecule has 24 heavy (non-hydrogen) atoms. The van der Waals surface area contributed by atoms with Crippen molar-refractivity contribution >= 4 is 12.0 Å². The van der Waals surface area contributed by atoms with E-state index in [1.807, 2.05) is 53.4 Å². The minimum atomic E-state index is -0.00166. The van der Waals surface area contributed by atoms with Gasteiger partial charge >= 0.3 is 0 Å². The molecule has 0 aliphatic carbocycles. The molecule has 4 nitrogen and oxygen atoms in total. The van der Waals surface area contributed by atoms with Crippen LogP contribution in [0.4, 0.5) is 0 Å². The lowest BCUT2D eigenvalue weighted by Crippen LogP contribution is -2.35. The largest absolute Gasteiger partial charge is 0.376 e. The van der Waals surface area contributed by atoms with Gasteiger partial charge < -0.3 is 9.64 Å². The Morgan fingerprint density at radius 1 is 1.25 bits per heavy atom. The molecule has 2 aromatic rings. The quantitative estimate of drug-likeness (QED) is 0.766. The second-order valence-electron chi connectivity index (χ2n) is 5.96. The predicted octanol–water partition coefficient (Wildman–Crippen LogP) is 3.30. The highest BCUT2D eigenvalue weighted by Crippen LogP contribution is 2.15. The lowest BCUT2D eigenvalue weighted by Gasteiger charge is -2.24. The van der Waals surface area contributed by atoms with Gasteiger partial charge in [0.15, 0.2) is 0 Å². The van der Waals surface area contributed by atoms with Gasteiger partial charge in [-0.25, -0.2) is 0 Å². The Labute approximate surface area is 142 Å². The molecule has 124 valence electrons. The van der Waals surface area contributed by atoms with E-state index in [1.165, 1.54) is 0 Å². The summed E-state index contributed by atoms with van der Waals surface area (Å²) in [7, 11) is 0. The fourth-order valence-electron chi connectivity index (χ4n) is 2.82. The summed E-state index contributed by atoms with van der Waals surface area (Å²) >= 11 is 0. The zero-order valence-corrected chi connectivity index (χ0v) is 13.7. The maximum Gasteiger partial charge on any atom is 0.246 e. The molecule has 0 radical (unpaired) electrons. The van der Waals surface area contributed by atoms with Crippen LogP contribution in [0.25, 0.3) is 6.08 Å². The summed E-state index contributed by atoms with van der Waals surface area (Å²) in [5, 5.41) is 0. The molecule has 1 saturated heterocycles. The predicted molar refractivity (Wildman–Crippen MR) is 94.1 cm³/mol. The van der Waals surface area contributed by atoms with Gasteiger partial charge in [0.1, 0.15) is 0 Å². The summed E-state index contributed by atoms with van der Waals surface area (Å²) in [4.78, 5) is 18.6. The molecule has 1 aliphatic heterocycles. The summed E-state index contributed by atoms with van der Waals surface area (Å²) < 4.78 is 5.70. The van der Waals surface area contributed by atoms with Crippen LogP contribution >= 0.6 is 0 Å². The number of hydrogen-bond acceptors (Lipinski definition) is 3. The molecule has 1 amide bonds. The number of amides is 1. The number of carbonyl (C=O) groups excluding carboxylic acids is 1. The summed E-state index contributed by atoms with van der Waals surface area (Å²) in [6.07, 6.45) is 9.26. The average molecular weight is 322 g/mol. The van der Waals surface area contributed by atoms with E-state index >= 15 is 0 Å². The fraction of sp³-hybridized carbons (Fsp3) is 0.300. The van der Waals surface area contributed by atoms with Crippen molar-refractivity contribution in [2.75, 3.05) is 13.2 Å². The molecule has 1 atom stereocenters. The third-order valence-corrected chi connectivity index (χ3v) is 4.07. The summed E-state index contributed by atoms with van der Waals surface area (Å²) in [5.41, 5.74) is 2.04. The number of carbonyl (C=O) groups is 1. The van der Waals surface area contributed by atoms with Crippen molar-refractivity contribution in [2.24, 2.45) is 0 Å². The number of hydrogen-bond donors (Lipinski definition) is 0. The zero-order valence-electron chi connectivity index (χ0n) is 13.7. The summed E-state index contributed by atoms with van der Waals surface area (Å²) in [6, 6.07) is 13.7. The van der Waals surface area contributed by atoms with Crippen LogP contribution in [-0.4, -0.2) is 35.0 Å². The normalized spacial score (nSPS) is 17.2. The molecule has 1 aromatic heterocycles. The van der Waals surface area contributed by atoms with Crippen molar-refractivity contribution in [1.29, 1.82) is 0 Å². The highest BCUT2D eigenvalue weighted by atomic mass is 16.5. The van der Waals surface area contributed by atoms with Gasteiger partial charge in [0.2, 0.25) is 5.91 Å². The van der Waals surface area contributed by atoms with Crippen LogP contribution < -0.4 is 0 Å². The zero-order chi connectivity index (χ0) is 16.6. The summed E-state index contributed by atoms with van der Waals surface area (Å²) in [6.45, 7) is 1.96. The van der Waals surface area contributed by atoms with Gasteiger partial charge in [-0.2, -0.15) is 0 Å². The first-order chi connectivity index (χ1) is 11.8. The van der Waals surface area contributed by atoms with Crippen molar-refractivity contribution in [2.45, 2.75) is 25.5 Å². The molecule has 0 N–H and O–H groups in total. The summed E-state index contributed by atoms with van der Waals surface area (Å²) in [5.74, 6) is -0.00166. The van der Waals surface area contributed by atoms with E-state index in [0.717, 1.165) is 30.6 Å². The van der Waals surface area contributed by atoms with Crippen LogP contribution in [-0.2, 0) is 16.1 Å². The van der Waals surface area contributed by atoms with E-state index in [2.05, 4.69) is 4.98 Å². The van der Waals surface area contributed by atoms with Gasteiger partial charge in [0.05, 0.1) is 6.10 Å². The van der Waals surface area contributed by atoms with Gasteiger partial charge in [-0.1, -0.05) is 36.4 Å². The van der Waals surface area contributed by atoms with Crippen LogP contribution in [0.15, 0.2) is 60.9 Å². The van der Waals surface area contributed by atoms with Gasteiger partial charge in [-0.05, 0) is 36.1 Å². The van der Waals surface area contributed by atoms with Crippen LogP contribution in [0.1, 0.15) is 24.0 Å². The third kappa shape index (κ3) is 4.77. The Morgan fingerprint density at radius 3 is 2.83 bits per heavy atom. The van der Waals surface area contributed by atoms with E-state index in [0.29, 0.717) is 13.1 Å². The van der Waals surface area contributed by atoms with Crippen molar-refractivity contribution in [3.63, 3.8) is 0 Å². The number of ether oxygens (including phenoxy) is 1. The van der Waals surface area contributed by atoms with Crippen LogP contribution in [0, 0.1) is 0 Å². The number of aromatic nitrogens is 1. The number of benzene rings is 1. The van der Waals surface area contributed by atoms with Gasteiger partial charge in [0, 0.05) is 38.2 Å². The average Bonchev–Trinajstić information content (AvgIpc) is 3.14. The van der Waals surface area contributed by atoms with Crippen molar-refractivity contribution < 1.29 is 9.53 Å². The minimum absolute atomic E-state index is 0.00166. The van der Waals surface area contributed by atoms with E-state index in [9.17, 15) is 4.79 Å². The molecular formula is C20H22N2O2. The Hall–Kier alpha value is -2.46. The molecule has 1 aliphatic rings. The first-order valence-corrected chi connectivity index (χ1v) is 8.34. The Kier molecular flexibility index (Phi) is 5.75. The fourth-order valence-corrected chi connectivity index (χ4v) is 2.82. The molecule has 0 saturated carbocycles. The molecule has 0 bridgehead atoms. The van der Waals surface area contributed by atoms with Crippen molar-refractivity contribution in [3.8, 4) is 0 Å². The molecule has 0 spiro atoms. The maximum atomic E-state index is 12.7. The molecular weight excluding hydrogens is 300 g/mol. The van der Waals surface area contributed by atoms with Gasteiger partial charge in [-0.15, -0.1) is 0 Å². The second kappa shape index (κ2) is 8.41. The van der Waals surface area contributed by atoms with Gasteiger partial charge in [-0.3, -0.25) is 9.78 Å². The van der Waals surface area contributed by atoms with E-state index in [1.54, 1.807) is 18.5 Å². The molecule has 2 heterocycles. The molecule has 1 unspecified atom stereocenters. The third-order valence-electron chi connectivity index (χ3n) is 4.07. The molecule has 1 aromatic carbocycles. The number of nitrogens with zero attached hydrogens (tertiary/aromatic N) is 2. The van der Waals surface area contributed by atoms with Crippen molar-refractivity contribution in [1.82, 2.24) is 9.88 Å².